The number of anilines is 1. The van der Waals surface area contributed by atoms with Gasteiger partial charge in [0.1, 0.15) is 11.6 Å². The van der Waals surface area contributed by atoms with E-state index in [1.165, 1.54) is 6.07 Å². The van der Waals surface area contributed by atoms with Gasteiger partial charge in [-0.2, -0.15) is 0 Å². The van der Waals surface area contributed by atoms with Gasteiger partial charge in [-0.05, 0) is 13.0 Å². The minimum Gasteiger partial charge on any atom is -0.370 e. The molecule has 1 aliphatic heterocycles. The number of piperazine rings is 1. The van der Waals surface area contributed by atoms with Gasteiger partial charge in [-0.25, -0.2) is 4.98 Å². The van der Waals surface area contributed by atoms with Crippen molar-refractivity contribution in [3.63, 3.8) is 0 Å². The van der Waals surface area contributed by atoms with Crippen LogP contribution in [0.1, 0.15) is 19.2 Å². The fourth-order valence-electron chi connectivity index (χ4n) is 2.22. The Morgan fingerprint density at radius 1 is 1.42 bits per heavy atom. The van der Waals surface area contributed by atoms with Crippen molar-refractivity contribution >= 4 is 5.82 Å². The number of nitrogens with one attached hydrogen (secondary N) is 3. The Morgan fingerprint density at radius 3 is 2.95 bits per heavy atom. The molecule has 2 heterocycles. The van der Waals surface area contributed by atoms with Gasteiger partial charge >= 0.3 is 0 Å². The van der Waals surface area contributed by atoms with E-state index in [4.69, 9.17) is 0 Å². The van der Waals surface area contributed by atoms with Crippen LogP contribution >= 0.6 is 0 Å². The van der Waals surface area contributed by atoms with Gasteiger partial charge in [0.15, 0.2) is 0 Å². The molecule has 1 saturated heterocycles. The molecule has 0 radical (unpaired) electrons. The number of hydrogen-bond acceptors (Lipinski definition) is 5. The third-order valence-electron chi connectivity index (χ3n) is 3.29. The highest BCUT2D eigenvalue weighted by Crippen LogP contribution is 2.00. The second-order valence-electron chi connectivity index (χ2n) is 4.80. The maximum atomic E-state index is 11.4. The van der Waals surface area contributed by atoms with Crippen LogP contribution in [0.5, 0.6) is 0 Å². The molecule has 0 bridgehead atoms. The second-order valence-corrected chi connectivity index (χ2v) is 4.80. The number of aromatic nitrogens is 2. The second kappa shape index (κ2) is 7.25. The SMILES string of the molecule is CCc1nc(NCCCN2CCNCC2)cc(=O)[nH]1. The summed E-state index contributed by atoms with van der Waals surface area (Å²) in [5.74, 6) is 1.41. The van der Waals surface area contributed by atoms with Crippen LogP contribution in [0.4, 0.5) is 5.82 Å². The van der Waals surface area contributed by atoms with E-state index in [2.05, 4.69) is 25.5 Å². The molecule has 1 fully saturated rings. The van der Waals surface area contributed by atoms with Crippen LogP contribution in [0.15, 0.2) is 10.9 Å². The summed E-state index contributed by atoms with van der Waals surface area (Å²) < 4.78 is 0. The third kappa shape index (κ3) is 4.65. The summed E-state index contributed by atoms with van der Waals surface area (Å²) in [5.41, 5.74) is -0.0866. The summed E-state index contributed by atoms with van der Waals surface area (Å²) >= 11 is 0. The molecule has 1 aliphatic rings. The van der Waals surface area contributed by atoms with Crippen molar-refractivity contribution < 1.29 is 0 Å². The van der Waals surface area contributed by atoms with E-state index in [1.54, 1.807) is 0 Å². The molecule has 2 rings (SSSR count). The largest absolute Gasteiger partial charge is 0.370 e. The zero-order valence-electron chi connectivity index (χ0n) is 11.5. The van der Waals surface area contributed by atoms with Gasteiger partial charge in [-0.1, -0.05) is 6.92 Å². The number of hydrogen-bond donors (Lipinski definition) is 3. The lowest BCUT2D eigenvalue weighted by Gasteiger charge is -2.27. The molecule has 1 aromatic heterocycles. The Labute approximate surface area is 113 Å². The standard InChI is InChI=1S/C13H23N5O/c1-2-11-16-12(10-13(19)17-11)15-4-3-7-18-8-5-14-6-9-18/h10,14H,2-9H2,1H3,(H2,15,16,17,19). The summed E-state index contributed by atoms with van der Waals surface area (Å²) in [5, 5.41) is 6.57. The average Bonchev–Trinajstić information content (AvgIpc) is 2.44. The van der Waals surface area contributed by atoms with Crippen LogP contribution in [-0.2, 0) is 6.42 Å². The van der Waals surface area contributed by atoms with Gasteiger partial charge in [-0.3, -0.25) is 4.79 Å². The molecule has 0 spiro atoms. The quantitative estimate of drug-likeness (QED) is 0.633. The van der Waals surface area contributed by atoms with E-state index in [9.17, 15) is 4.79 Å². The van der Waals surface area contributed by atoms with Crippen LogP contribution < -0.4 is 16.2 Å². The molecule has 3 N–H and O–H groups in total. The van der Waals surface area contributed by atoms with Gasteiger partial charge in [0.25, 0.3) is 5.56 Å². The molecule has 1 aromatic rings. The van der Waals surface area contributed by atoms with Gasteiger partial charge < -0.3 is 20.5 Å². The number of H-pyrrole nitrogens is 1. The van der Waals surface area contributed by atoms with Gasteiger partial charge in [-0.15, -0.1) is 0 Å². The van der Waals surface area contributed by atoms with E-state index in [0.29, 0.717) is 5.82 Å². The molecule has 6 heteroatoms. The first kappa shape index (κ1) is 14.0. The predicted molar refractivity (Wildman–Crippen MR) is 76.7 cm³/mol. The van der Waals surface area contributed by atoms with Crippen LogP contribution in [0.3, 0.4) is 0 Å². The number of aromatic amines is 1. The molecular weight excluding hydrogens is 242 g/mol. The van der Waals surface area contributed by atoms with Gasteiger partial charge in [0, 0.05) is 45.2 Å². The van der Waals surface area contributed by atoms with E-state index < -0.39 is 0 Å². The lowest BCUT2D eigenvalue weighted by atomic mass is 10.3. The van der Waals surface area contributed by atoms with Crippen LogP contribution in [0.25, 0.3) is 0 Å². The number of rotatable bonds is 6. The van der Waals surface area contributed by atoms with Crippen molar-refractivity contribution in [1.29, 1.82) is 0 Å². The Hall–Kier alpha value is -1.40. The molecule has 0 aliphatic carbocycles. The fourth-order valence-corrected chi connectivity index (χ4v) is 2.22. The average molecular weight is 265 g/mol. The van der Waals surface area contributed by atoms with Crippen molar-refractivity contribution in [2.24, 2.45) is 0 Å². The maximum Gasteiger partial charge on any atom is 0.252 e. The summed E-state index contributed by atoms with van der Waals surface area (Å²) in [6.45, 7) is 8.35. The highest BCUT2D eigenvalue weighted by atomic mass is 16.1. The smallest absolute Gasteiger partial charge is 0.252 e. The van der Waals surface area contributed by atoms with E-state index in [1.807, 2.05) is 6.92 Å². The molecule has 0 atom stereocenters. The van der Waals surface area contributed by atoms with Crippen molar-refractivity contribution in [2.45, 2.75) is 19.8 Å². The lowest BCUT2D eigenvalue weighted by molar-refractivity contribution is 0.240. The molecule has 106 valence electrons. The zero-order chi connectivity index (χ0) is 13.5. The predicted octanol–water partition coefficient (Wildman–Crippen LogP) is 0.0395. The molecule has 19 heavy (non-hydrogen) atoms. The molecular formula is C13H23N5O. The Kier molecular flexibility index (Phi) is 5.35. The van der Waals surface area contributed by atoms with Crippen molar-refractivity contribution in [3.05, 3.63) is 22.2 Å². The number of nitrogens with zero attached hydrogens (tertiary/aromatic N) is 2. The first-order chi connectivity index (χ1) is 9.28. The third-order valence-corrected chi connectivity index (χ3v) is 3.29. The summed E-state index contributed by atoms with van der Waals surface area (Å²) in [7, 11) is 0. The van der Waals surface area contributed by atoms with Crippen LogP contribution in [-0.4, -0.2) is 54.1 Å². The Balaban J connectivity index is 1.73. The number of aryl methyl sites for hydroxylation is 1. The lowest BCUT2D eigenvalue weighted by Crippen LogP contribution is -2.44. The molecule has 0 amide bonds. The van der Waals surface area contributed by atoms with E-state index in [0.717, 1.165) is 57.9 Å². The normalized spacial score (nSPS) is 16.5. The Bertz CT molecular complexity index is 439. The minimum absolute atomic E-state index is 0.0866. The molecule has 0 aromatic carbocycles. The van der Waals surface area contributed by atoms with Crippen molar-refractivity contribution in [3.8, 4) is 0 Å². The highest BCUT2D eigenvalue weighted by molar-refractivity contribution is 5.32. The zero-order valence-corrected chi connectivity index (χ0v) is 11.5. The molecule has 6 nitrogen and oxygen atoms in total. The Morgan fingerprint density at radius 2 is 2.21 bits per heavy atom. The topological polar surface area (TPSA) is 73.1 Å². The van der Waals surface area contributed by atoms with Crippen molar-refractivity contribution in [1.82, 2.24) is 20.2 Å². The summed E-state index contributed by atoms with van der Waals surface area (Å²) in [6.07, 6.45) is 1.81. The van der Waals surface area contributed by atoms with E-state index >= 15 is 0 Å². The summed E-state index contributed by atoms with van der Waals surface area (Å²) in [4.78, 5) is 20.9. The van der Waals surface area contributed by atoms with Crippen molar-refractivity contribution in [2.75, 3.05) is 44.6 Å². The fraction of sp³-hybridized carbons (Fsp3) is 0.692. The van der Waals surface area contributed by atoms with Gasteiger partial charge in [0.2, 0.25) is 0 Å². The van der Waals surface area contributed by atoms with Gasteiger partial charge in [0.05, 0.1) is 0 Å². The minimum atomic E-state index is -0.0866. The maximum absolute atomic E-state index is 11.4. The first-order valence-electron chi connectivity index (χ1n) is 7.05. The summed E-state index contributed by atoms with van der Waals surface area (Å²) in [6, 6.07) is 1.52. The highest BCUT2D eigenvalue weighted by Gasteiger charge is 2.08. The first-order valence-corrected chi connectivity index (χ1v) is 7.05. The van der Waals surface area contributed by atoms with E-state index in [-0.39, 0.29) is 5.56 Å². The molecule has 0 unspecified atom stereocenters. The van der Waals surface area contributed by atoms with Crippen LogP contribution in [0.2, 0.25) is 0 Å². The van der Waals surface area contributed by atoms with Crippen LogP contribution in [0, 0.1) is 0 Å². The molecule has 0 saturated carbocycles. The monoisotopic (exact) mass is 265 g/mol.